The predicted octanol–water partition coefficient (Wildman–Crippen LogP) is 3.70. The molecule has 0 saturated heterocycles. The molecule has 1 nitrogen and oxygen atoms in total. The number of hydrogen-bond acceptors (Lipinski definition) is 3. The minimum atomic E-state index is -0.122. The Kier molecular flexibility index (Phi) is 4.03. The van der Waals surface area contributed by atoms with Crippen molar-refractivity contribution in [3.8, 4) is 11.8 Å². The first-order valence-corrected chi connectivity index (χ1v) is 7.14. The van der Waals surface area contributed by atoms with Crippen LogP contribution in [0.15, 0.2) is 46.7 Å². The zero-order valence-electron chi connectivity index (χ0n) is 9.27. The lowest BCUT2D eigenvalue weighted by atomic mass is 10.1. The van der Waals surface area contributed by atoms with Crippen LogP contribution in [-0.2, 0) is 0 Å². The summed E-state index contributed by atoms with van der Waals surface area (Å²) in [4.78, 5) is 13.8. The molecule has 0 saturated carbocycles. The van der Waals surface area contributed by atoms with Crippen molar-refractivity contribution in [3.63, 3.8) is 0 Å². The van der Waals surface area contributed by atoms with E-state index in [-0.39, 0.29) is 5.78 Å². The minimum absolute atomic E-state index is 0.122. The van der Waals surface area contributed by atoms with Gasteiger partial charge in [-0.15, -0.1) is 23.1 Å². The van der Waals surface area contributed by atoms with Crippen molar-refractivity contribution >= 4 is 28.9 Å². The van der Waals surface area contributed by atoms with Crippen molar-refractivity contribution in [2.45, 2.75) is 4.90 Å². The molecule has 17 heavy (non-hydrogen) atoms. The van der Waals surface area contributed by atoms with E-state index in [0.717, 1.165) is 9.77 Å². The second kappa shape index (κ2) is 5.72. The van der Waals surface area contributed by atoms with Gasteiger partial charge in [0.2, 0.25) is 5.78 Å². The topological polar surface area (TPSA) is 17.1 Å². The maximum Gasteiger partial charge on any atom is 0.237 e. The molecule has 0 N–H and O–H groups in total. The lowest BCUT2D eigenvalue weighted by Crippen LogP contribution is -1.96. The second-order valence-electron chi connectivity index (χ2n) is 3.26. The normalized spacial score (nSPS) is 9.47. The third kappa shape index (κ3) is 3.00. The van der Waals surface area contributed by atoms with E-state index in [4.69, 9.17) is 0 Å². The Labute approximate surface area is 109 Å². The molecule has 0 amide bonds. The number of Topliss-reactive ketones (excluding diaryl/α,β-unsaturated/α-hetero) is 1. The SMILES string of the molecule is CSc1ccccc1C(=O)C#Cc1cccs1. The van der Waals surface area contributed by atoms with Gasteiger partial charge in [0.25, 0.3) is 0 Å². The number of thiophene rings is 1. The number of ketones is 1. The Balaban J connectivity index is 2.26. The molecule has 0 bridgehead atoms. The highest BCUT2D eigenvalue weighted by molar-refractivity contribution is 7.98. The molecule has 0 radical (unpaired) electrons. The summed E-state index contributed by atoms with van der Waals surface area (Å²) in [6.45, 7) is 0. The standard InChI is InChI=1S/C14H10OS2/c1-16-14-7-3-2-6-12(14)13(15)9-8-11-5-4-10-17-11/h2-7,10H,1H3. The van der Waals surface area contributed by atoms with E-state index in [0.29, 0.717) is 5.56 Å². The summed E-state index contributed by atoms with van der Waals surface area (Å²) in [5.41, 5.74) is 0.684. The Bertz CT molecular complexity index is 574. The molecule has 1 aromatic carbocycles. The molecule has 2 aromatic rings. The van der Waals surface area contributed by atoms with E-state index in [1.54, 1.807) is 11.8 Å². The number of carbonyl (C=O) groups is 1. The summed E-state index contributed by atoms with van der Waals surface area (Å²) < 4.78 is 0. The molecule has 2 rings (SSSR count). The first-order valence-electron chi connectivity index (χ1n) is 5.04. The maximum atomic E-state index is 11.9. The lowest BCUT2D eigenvalue weighted by molar-refractivity contribution is 0.105. The zero-order chi connectivity index (χ0) is 12.1. The summed E-state index contributed by atoms with van der Waals surface area (Å²) in [6, 6.07) is 11.4. The van der Waals surface area contributed by atoms with Crippen LogP contribution in [0, 0.1) is 11.8 Å². The fourth-order valence-electron chi connectivity index (χ4n) is 1.37. The van der Waals surface area contributed by atoms with Crippen LogP contribution in [-0.4, -0.2) is 12.0 Å². The van der Waals surface area contributed by atoms with Crippen LogP contribution in [0.25, 0.3) is 0 Å². The van der Waals surface area contributed by atoms with Gasteiger partial charge in [-0.25, -0.2) is 0 Å². The van der Waals surface area contributed by atoms with Crippen molar-refractivity contribution < 1.29 is 4.79 Å². The Morgan fingerprint density at radius 1 is 1.24 bits per heavy atom. The van der Waals surface area contributed by atoms with Crippen LogP contribution in [0.3, 0.4) is 0 Å². The summed E-state index contributed by atoms with van der Waals surface area (Å²) >= 11 is 3.10. The smallest absolute Gasteiger partial charge is 0.237 e. The van der Waals surface area contributed by atoms with E-state index in [1.807, 2.05) is 48.0 Å². The van der Waals surface area contributed by atoms with Crippen molar-refractivity contribution in [2.75, 3.05) is 6.26 Å². The van der Waals surface area contributed by atoms with Crippen LogP contribution in [0.2, 0.25) is 0 Å². The van der Waals surface area contributed by atoms with E-state index in [2.05, 4.69) is 11.8 Å². The molecule has 1 heterocycles. The van der Waals surface area contributed by atoms with Crippen LogP contribution >= 0.6 is 23.1 Å². The van der Waals surface area contributed by atoms with Crippen LogP contribution in [0.4, 0.5) is 0 Å². The van der Waals surface area contributed by atoms with E-state index in [1.165, 1.54) is 11.3 Å². The molecule has 0 aliphatic heterocycles. The number of thioether (sulfide) groups is 1. The highest BCUT2D eigenvalue weighted by Crippen LogP contribution is 2.20. The molecule has 0 fully saturated rings. The molecular weight excluding hydrogens is 248 g/mol. The fraction of sp³-hybridized carbons (Fsp3) is 0.0714. The van der Waals surface area contributed by atoms with Gasteiger partial charge < -0.3 is 0 Å². The average molecular weight is 258 g/mol. The number of benzene rings is 1. The molecule has 0 spiro atoms. The van der Waals surface area contributed by atoms with Crippen molar-refractivity contribution in [1.82, 2.24) is 0 Å². The number of carbonyl (C=O) groups excluding carboxylic acids is 1. The van der Waals surface area contributed by atoms with Crippen LogP contribution < -0.4 is 0 Å². The van der Waals surface area contributed by atoms with Gasteiger partial charge in [0.15, 0.2) is 0 Å². The van der Waals surface area contributed by atoms with Gasteiger partial charge in [-0.3, -0.25) is 4.79 Å². The molecule has 1 aromatic heterocycles. The van der Waals surface area contributed by atoms with Crippen molar-refractivity contribution in [2.24, 2.45) is 0 Å². The molecule has 0 aliphatic rings. The summed E-state index contributed by atoms with van der Waals surface area (Å²) in [7, 11) is 0. The number of rotatable bonds is 2. The van der Waals surface area contributed by atoms with E-state index in [9.17, 15) is 4.79 Å². The monoisotopic (exact) mass is 258 g/mol. The summed E-state index contributed by atoms with van der Waals surface area (Å²) in [5.74, 6) is 5.45. The predicted molar refractivity (Wildman–Crippen MR) is 73.8 cm³/mol. The van der Waals surface area contributed by atoms with Gasteiger partial charge in [-0.1, -0.05) is 18.2 Å². The first-order chi connectivity index (χ1) is 8.31. The molecule has 84 valence electrons. The Hall–Kier alpha value is -1.50. The summed E-state index contributed by atoms with van der Waals surface area (Å²) in [6.07, 6.45) is 1.96. The molecule has 0 atom stereocenters. The first kappa shape index (κ1) is 12.0. The molecule has 0 aliphatic carbocycles. The van der Waals surface area contributed by atoms with Gasteiger partial charge >= 0.3 is 0 Å². The quantitative estimate of drug-likeness (QED) is 0.464. The second-order valence-corrected chi connectivity index (χ2v) is 5.05. The Morgan fingerprint density at radius 2 is 2.06 bits per heavy atom. The van der Waals surface area contributed by atoms with Crippen LogP contribution in [0.1, 0.15) is 15.2 Å². The fourth-order valence-corrected chi connectivity index (χ4v) is 2.53. The third-order valence-electron chi connectivity index (χ3n) is 2.17. The van der Waals surface area contributed by atoms with Crippen molar-refractivity contribution in [3.05, 3.63) is 52.2 Å². The van der Waals surface area contributed by atoms with Gasteiger partial charge in [0.05, 0.1) is 4.88 Å². The van der Waals surface area contributed by atoms with Gasteiger partial charge in [0, 0.05) is 10.5 Å². The molecular formula is C14H10OS2. The van der Waals surface area contributed by atoms with Gasteiger partial charge in [0.1, 0.15) is 0 Å². The highest BCUT2D eigenvalue weighted by Gasteiger charge is 2.07. The van der Waals surface area contributed by atoms with Gasteiger partial charge in [-0.2, -0.15) is 0 Å². The van der Waals surface area contributed by atoms with Crippen LogP contribution in [0.5, 0.6) is 0 Å². The molecule has 0 unspecified atom stereocenters. The van der Waals surface area contributed by atoms with E-state index < -0.39 is 0 Å². The lowest BCUT2D eigenvalue weighted by Gasteiger charge is -2.00. The van der Waals surface area contributed by atoms with Gasteiger partial charge in [-0.05, 0) is 41.7 Å². The minimum Gasteiger partial charge on any atom is -0.279 e. The average Bonchev–Trinajstić information content (AvgIpc) is 2.89. The Morgan fingerprint density at radius 3 is 2.76 bits per heavy atom. The molecule has 3 heteroatoms. The third-order valence-corrected chi connectivity index (χ3v) is 3.75. The largest absolute Gasteiger partial charge is 0.279 e. The maximum absolute atomic E-state index is 11.9. The van der Waals surface area contributed by atoms with E-state index >= 15 is 0 Å². The highest BCUT2D eigenvalue weighted by atomic mass is 32.2. The zero-order valence-corrected chi connectivity index (χ0v) is 10.9. The number of hydrogen-bond donors (Lipinski definition) is 0. The van der Waals surface area contributed by atoms with Crippen molar-refractivity contribution in [1.29, 1.82) is 0 Å². The summed E-state index contributed by atoms with van der Waals surface area (Å²) in [5, 5.41) is 1.95.